The van der Waals surface area contributed by atoms with Crippen LogP contribution in [0.3, 0.4) is 0 Å². The van der Waals surface area contributed by atoms with Crippen molar-refractivity contribution in [2.75, 3.05) is 13.2 Å². The Hall–Kier alpha value is -2.37. The van der Waals surface area contributed by atoms with Crippen molar-refractivity contribution in [1.82, 2.24) is 0 Å². The predicted octanol–water partition coefficient (Wildman–Crippen LogP) is 21.2. The minimum Gasteiger partial charge on any atom is -0.462 e. The number of carbonyl (C=O) groups excluding carboxylic acids is 3. The smallest absolute Gasteiger partial charge is 0.306 e. The van der Waals surface area contributed by atoms with Gasteiger partial charge in [0.2, 0.25) is 0 Å². The highest BCUT2D eigenvalue weighted by molar-refractivity contribution is 5.71. The van der Waals surface area contributed by atoms with Gasteiger partial charge in [-0.3, -0.25) is 14.4 Å². The number of rotatable bonds is 58. The molecule has 0 aliphatic carbocycles. The maximum Gasteiger partial charge on any atom is 0.306 e. The first-order valence-electron chi connectivity index (χ1n) is 31.5. The van der Waals surface area contributed by atoms with Crippen molar-refractivity contribution in [1.29, 1.82) is 0 Å². The van der Waals surface area contributed by atoms with Gasteiger partial charge >= 0.3 is 17.9 Å². The molecule has 1 atom stereocenters. The Bertz CT molecular complexity index is 1190. The number of ether oxygens (including phenoxy) is 3. The molecule has 6 nitrogen and oxygen atoms in total. The summed E-state index contributed by atoms with van der Waals surface area (Å²) in [5.74, 6) is -0.863. The summed E-state index contributed by atoms with van der Waals surface area (Å²) in [5.41, 5.74) is 0. The van der Waals surface area contributed by atoms with Crippen molar-refractivity contribution in [3.8, 4) is 0 Å². The van der Waals surface area contributed by atoms with E-state index in [9.17, 15) is 14.4 Å². The van der Waals surface area contributed by atoms with E-state index in [1.807, 2.05) is 0 Å². The van der Waals surface area contributed by atoms with E-state index in [4.69, 9.17) is 14.2 Å². The summed E-state index contributed by atoms with van der Waals surface area (Å²) in [6, 6.07) is 0. The Labute approximate surface area is 442 Å². The molecule has 0 aliphatic heterocycles. The monoisotopic (exact) mass is 997 g/mol. The Morgan fingerprint density at radius 2 is 0.507 bits per heavy atom. The van der Waals surface area contributed by atoms with Gasteiger partial charge in [-0.1, -0.05) is 282 Å². The summed E-state index contributed by atoms with van der Waals surface area (Å²) >= 11 is 0. The zero-order chi connectivity index (χ0) is 51.4. The minimum atomic E-state index is -0.776. The van der Waals surface area contributed by atoms with Gasteiger partial charge in [0.1, 0.15) is 13.2 Å². The maximum absolute atomic E-state index is 12.9. The average Bonchev–Trinajstić information content (AvgIpc) is 3.37. The lowest BCUT2D eigenvalue weighted by Gasteiger charge is -2.18. The lowest BCUT2D eigenvalue weighted by atomic mass is 10.0. The van der Waals surface area contributed by atoms with E-state index in [1.54, 1.807) is 0 Å². The number of hydrogen-bond donors (Lipinski definition) is 0. The molecular weight excluding hydrogens is 877 g/mol. The molecule has 0 heterocycles. The van der Waals surface area contributed by atoms with Crippen molar-refractivity contribution in [3.63, 3.8) is 0 Å². The third-order valence-corrected chi connectivity index (χ3v) is 14.1. The lowest BCUT2D eigenvalue weighted by Crippen LogP contribution is -2.30. The van der Waals surface area contributed by atoms with E-state index >= 15 is 0 Å². The summed E-state index contributed by atoms with van der Waals surface area (Å²) in [7, 11) is 0. The van der Waals surface area contributed by atoms with E-state index in [1.165, 1.54) is 231 Å². The van der Waals surface area contributed by atoms with Crippen LogP contribution >= 0.6 is 0 Å². The highest BCUT2D eigenvalue weighted by Gasteiger charge is 2.19. The molecule has 0 saturated heterocycles. The maximum atomic E-state index is 12.9. The predicted molar refractivity (Wildman–Crippen MR) is 307 cm³/mol. The highest BCUT2D eigenvalue weighted by atomic mass is 16.6. The molecule has 0 unspecified atom stereocenters. The van der Waals surface area contributed by atoms with Crippen LogP contribution in [0.1, 0.15) is 342 Å². The van der Waals surface area contributed by atoms with E-state index < -0.39 is 6.10 Å². The molecule has 0 N–H and O–H groups in total. The van der Waals surface area contributed by atoms with Crippen molar-refractivity contribution in [2.45, 2.75) is 348 Å². The van der Waals surface area contributed by atoms with Crippen LogP contribution in [0.25, 0.3) is 0 Å². The van der Waals surface area contributed by atoms with Gasteiger partial charge in [-0.25, -0.2) is 0 Å². The Morgan fingerprint density at radius 3 is 0.831 bits per heavy atom. The number of unbranched alkanes of at least 4 members (excludes halogenated alkanes) is 41. The SMILES string of the molecule is CCCCC/C=C\C/C=C\CCCCCCCCCC(=O)O[C@H](COC(=O)CCCCCCCCC/C=C\CCCCCC)COC(=O)CCCCCCCCCCCCCCCCCCCCCCC. The summed E-state index contributed by atoms with van der Waals surface area (Å²) < 4.78 is 16.9. The molecule has 0 saturated carbocycles. The normalized spacial score (nSPS) is 12.2. The molecule has 0 aliphatic rings. The molecular formula is C65H120O6. The topological polar surface area (TPSA) is 78.9 Å². The van der Waals surface area contributed by atoms with Crippen LogP contribution in [0.2, 0.25) is 0 Å². The summed E-state index contributed by atoms with van der Waals surface area (Å²) in [6.07, 6.45) is 72.8. The van der Waals surface area contributed by atoms with Gasteiger partial charge in [0.05, 0.1) is 0 Å². The molecule has 0 aromatic rings. The molecule has 0 aromatic carbocycles. The number of allylic oxidation sites excluding steroid dienone is 6. The second kappa shape index (κ2) is 60.2. The van der Waals surface area contributed by atoms with E-state index in [0.29, 0.717) is 19.3 Å². The summed E-state index contributed by atoms with van der Waals surface area (Å²) in [6.45, 7) is 6.65. The standard InChI is InChI=1S/C65H120O6/c1-4-7-10-13-16-19-22-25-28-30-31-32-33-35-37-40-43-46-49-52-55-58-64(67)70-61-62(60-69-63(66)57-54-51-48-45-42-39-36-27-24-21-18-15-12-9-6-3)71-65(68)59-56-53-50-47-44-41-38-34-29-26-23-20-17-14-11-8-5-2/h17,20-21,24,26,29,62H,4-16,18-19,22-23,25,27-28,30-61H2,1-3H3/b20-17-,24-21-,29-26-/t62-/m1/s1. The molecule has 0 amide bonds. The van der Waals surface area contributed by atoms with E-state index in [-0.39, 0.29) is 31.1 Å². The largest absolute Gasteiger partial charge is 0.462 e. The first-order valence-corrected chi connectivity index (χ1v) is 31.5. The van der Waals surface area contributed by atoms with Gasteiger partial charge < -0.3 is 14.2 Å². The number of esters is 3. The molecule has 416 valence electrons. The van der Waals surface area contributed by atoms with Gasteiger partial charge in [-0.05, 0) is 77.0 Å². The number of carbonyl (C=O) groups is 3. The first kappa shape index (κ1) is 68.6. The highest BCUT2D eigenvalue weighted by Crippen LogP contribution is 2.17. The average molecular weight is 998 g/mol. The fourth-order valence-electron chi connectivity index (χ4n) is 9.35. The fraction of sp³-hybridized carbons (Fsp3) is 0.862. The molecule has 0 rings (SSSR count). The fourth-order valence-corrected chi connectivity index (χ4v) is 9.35. The Morgan fingerprint density at radius 1 is 0.282 bits per heavy atom. The molecule has 0 radical (unpaired) electrons. The van der Waals surface area contributed by atoms with Gasteiger partial charge in [-0.2, -0.15) is 0 Å². The van der Waals surface area contributed by atoms with Crippen molar-refractivity contribution < 1.29 is 28.6 Å². The Balaban J connectivity index is 4.31. The van der Waals surface area contributed by atoms with Crippen LogP contribution in [0.4, 0.5) is 0 Å². The van der Waals surface area contributed by atoms with Gasteiger partial charge in [0.15, 0.2) is 6.10 Å². The van der Waals surface area contributed by atoms with Gasteiger partial charge in [-0.15, -0.1) is 0 Å². The van der Waals surface area contributed by atoms with E-state index in [0.717, 1.165) is 70.6 Å². The third-order valence-electron chi connectivity index (χ3n) is 14.1. The summed E-state index contributed by atoms with van der Waals surface area (Å²) in [5, 5.41) is 0. The first-order chi connectivity index (χ1) is 35.0. The van der Waals surface area contributed by atoms with Crippen LogP contribution in [0, 0.1) is 0 Å². The molecule has 0 bridgehead atoms. The molecule has 6 heteroatoms. The molecule has 0 spiro atoms. The Kier molecular flexibility index (Phi) is 58.2. The molecule has 71 heavy (non-hydrogen) atoms. The molecule has 0 fully saturated rings. The third kappa shape index (κ3) is 58.4. The van der Waals surface area contributed by atoms with Crippen molar-refractivity contribution in [2.24, 2.45) is 0 Å². The van der Waals surface area contributed by atoms with Crippen LogP contribution in [0.5, 0.6) is 0 Å². The van der Waals surface area contributed by atoms with Crippen LogP contribution < -0.4 is 0 Å². The lowest BCUT2D eigenvalue weighted by molar-refractivity contribution is -0.167. The van der Waals surface area contributed by atoms with Gasteiger partial charge in [0, 0.05) is 19.3 Å². The van der Waals surface area contributed by atoms with Crippen LogP contribution in [-0.2, 0) is 28.6 Å². The second-order valence-corrected chi connectivity index (χ2v) is 21.3. The van der Waals surface area contributed by atoms with Crippen LogP contribution in [-0.4, -0.2) is 37.2 Å². The van der Waals surface area contributed by atoms with Crippen LogP contribution in [0.15, 0.2) is 36.5 Å². The summed E-state index contributed by atoms with van der Waals surface area (Å²) in [4.78, 5) is 38.3. The van der Waals surface area contributed by atoms with Gasteiger partial charge in [0.25, 0.3) is 0 Å². The van der Waals surface area contributed by atoms with E-state index in [2.05, 4.69) is 57.2 Å². The zero-order valence-electron chi connectivity index (χ0n) is 47.8. The quantitative estimate of drug-likeness (QED) is 0.0261. The second-order valence-electron chi connectivity index (χ2n) is 21.3. The number of hydrogen-bond acceptors (Lipinski definition) is 6. The molecule has 0 aromatic heterocycles. The minimum absolute atomic E-state index is 0.0726. The van der Waals surface area contributed by atoms with Crippen molar-refractivity contribution >= 4 is 17.9 Å². The van der Waals surface area contributed by atoms with Crippen molar-refractivity contribution in [3.05, 3.63) is 36.5 Å². The zero-order valence-corrected chi connectivity index (χ0v) is 47.8.